The van der Waals surface area contributed by atoms with E-state index in [0.29, 0.717) is 32.1 Å². The van der Waals surface area contributed by atoms with Crippen molar-refractivity contribution in [3.63, 3.8) is 0 Å². The predicted molar refractivity (Wildman–Crippen MR) is 102 cm³/mol. The number of carbonyl (C=O) groups excluding carboxylic acids is 1. The van der Waals surface area contributed by atoms with Crippen LogP contribution in [0.5, 0.6) is 0 Å². The Labute approximate surface area is 160 Å². The van der Waals surface area contributed by atoms with Gasteiger partial charge in [0.25, 0.3) is 5.91 Å². The maximum atomic E-state index is 13.9. The van der Waals surface area contributed by atoms with Crippen LogP contribution >= 0.6 is 0 Å². The Balaban J connectivity index is 2.24. The number of allylic oxidation sites excluding steroid dienone is 3. The molecule has 0 aromatic carbocycles. The first-order valence-electron chi connectivity index (χ1n) is 9.69. The number of carbonyl (C=O) groups is 1. The van der Waals surface area contributed by atoms with Gasteiger partial charge >= 0.3 is 0 Å². The van der Waals surface area contributed by atoms with Crippen LogP contribution in [0.3, 0.4) is 0 Å². The van der Waals surface area contributed by atoms with Gasteiger partial charge in [0.2, 0.25) is 0 Å². The van der Waals surface area contributed by atoms with Gasteiger partial charge in [-0.25, -0.2) is 8.78 Å². The smallest absolute Gasteiger partial charge is 0.279 e. The van der Waals surface area contributed by atoms with E-state index in [0.717, 1.165) is 25.7 Å². The van der Waals surface area contributed by atoms with Crippen molar-refractivity contribution in [1.82, 2.24) is 10.6 Å². The minimum absolute atomic E-state index is 0.119. The van der Waals surface area contributed by atoms with E-state index in [1.165, 1.54) is 12.2 Å². The third-order valence-corrected chi connectivity index (χ3v) is 4.34. The van der Waals surface area contributed by atoms with Gasteiger partial charge in [-0.2, -0.15) is 0 Å². The Bertz CT molecular complexity index is 489. The quantitative estimate of drug-likeness (QED) is 0.198. The average molecular weight is 386 g/mol. The van der Waals surface area contributed by atoms with Crippen molar-refractivity contribution in [2.75, 3.05) is 13.2 Å². The van der Waals surface area contributed by atoms with Crippen LogP contribution in [0.4, 0.5) is 8.78 Å². The van der Waals surface area contributed by atoms with E-state index < -0.39 is 17.6 Å². The van der Waals surface area contributed by atoms with Crippen molar-refractivity contribution in [1.29, 1.82) is 0 Å². The van der Waals surface area contributed by atoms with Crippen molar-refractivity contribution >= 4 is 5.91 Å². The molecule has 1 aliphatic rings. The lowest BCUT2D eigenvalue weighted by atomic mass is 10.2. The Hall–Kier alpha value is -1.73. The van der Waals surface area contributed by atoms with Gasteiger partial charge in [0, 0.05) is 19.3 Å². The summed E-state index contributed by atoms with van der Waals surface area (Å²) in [6.07, 6.45) is 8.89. The van der Waals surface area contributed by atoms with Crippen molar-refractivity contribution in [2.24, 2.45) is 0 Å². The molecule has 1 amide bonds. The second kappa shape index (κ2) is 13.4. The molecule has 0 unspecified atom stereocenters. The zero-order chi connectivity index (χ0) is 20.1. The normalized spacial score (nSPS) is 19.7. The van der Waals surface area contributed by atoms with Crippen LogP contribution in [0, 0.1) is 0 Å². The molecule has 0 aromatic rings. The molecular weight excluding hydrogens is 354 g/mol. The van der Waals surface area contributed by atoms with Crippen LogP contribution in [-0.2, 0) is 4.79 Å². The minimum Gasteiger partial charge on any atom is -0.396 e. The van der Waals surface area contributed by atoms with Gasteiger partial charge in [-0.1, -0.05) is 19.4 Å². The summed E-state index contributed by atoms with van der Waals surface area (Å²) in [5.74, 6) is -1.99. The summed E-state index contributed by atoms with van der Waals surface area (Å²) in [5, 5.41) is 22.8. The number of aliphatic hydroxyl groups excluding tert-OH is 2. The molecule has 0 bridgehead atoms. The largest absolute Gasteiger partial charge is 0.396 e. The molecule has 0 radical (unpaired) electrons. The second-order valence-corrected chi connectivity index (χ2v) is 6.80. The third kappa shape index (κ3) is 10.2. The summed E-state index contributed by atoms with van der Waals surface area (Å²) in [5.41, 5.74) is 0.166. The van der Waals surface area contributed by atoms with Crippen LogP contribution in [0.1, 0.15) is 57.8 Å². The fourth-order valence-corrected chi connectivity index (χ4v) is 2.58. The number of rotatable bonds is 15. The molecule has 1 aliphatic carbocycles. The molecule has 1 saturated carbocycles. The van der Waals surface area contributed by atoms with E-state index in [1.807, 2.05) is 0 Å². The molecule has 0 heterocycles. The Kier molecular flexibility index (Phi) is 11.6. The van der Waals surface area contributed by atoms with E-state index in [2.05, 4.69) is 17.2 Å². The molecule has 27 heavy (non-hydrogen) atoms. The molecule has 2 atom stereocenters. The van der Waals surface area contributed by atoms with Crippen LogP contribution in [-0.4, -0.2) is 41.4 Å². The highest BCUT2D eigenvalue weighted by atomic mass is 19.1. The number of halogens is 2. The van der Waals surface area contributed by atoms with Crippen molar-refractivity contribution in [2.45, 2.75) is 69.9 Å². The monoisotopic (exact) mass is 386 g/mol. The molecule has 1 fully saturated rings. The maximum absolute atomic E-state index is 13.9. The summed E-state index contributed by atoms with van der Waals surface area (Å²) in [6.45, 7) is 3.92. The first kappa shape index (κ1) is 23.3. The third-order valence-electron chi connectivity index (χ3n) is 4.34. The van der Waals surface area contributed by atoms with Crippen molar-refractivity contribution in [3.8, 4) is 0 Å². The van der Waals surface area contributed by atoms with Crippen LogP contribution < -0.4 is 10.6 Å². The summed E-state index contributed by atoms with van der Waals surface area (Å²) < 4.78 is 27.6. The summed E-state index contributed by atoms with van der Waals surface area (Å²) in [7, 11) is 0. The van der Waals surface area contributed by atoms with Gasteiger partial charge < -0.3 is 20.8 Å². The van der Waals surface area contributed by atoms with Gasteiger partial charge in [-0.05, 0) is 57.1 Å². The maximum Gasteiger partial charge on any atom is 0.279 e. The number of hydrogen-bond donors (Lipinski definition) is 4. The molecule has 1 rings (SSSR count). The molecule has 0 aliphatic heterocycles. The fourth-order valence-electron chi connectivity index (χ4n) is 2.58. The van der Waals surface area contributed by atoms with Gasteiger partial charge in [0.15, 0.2) is 5.83 Å². The summed E-state index contributed by atoms with van der Waals surface area (Å²) in [6, 6.07) is -0.382. The second-order valence-electron chi connectivity index (χ2n) is 6.80. The van der Waals surface area contributed by atoms with E-state index in [4.69, 9.17) is 10.2 Å². The highest BCUT2D eigenvalue weighted by Gasteiger charge is 2.39. The first-order valence-corrected chi connectivity index (χ1v) is 9.69. The SMILES string of the molecule is C=C(N[C@H]1C[C@H]1NC(=O)/C(F)=C\CCCCCO)/C(F)=C/CCCCCO. The van der Waals surface area contributed by atoms with Crippen LogP contribution in [0.25, 0.3) is 0 Å². The van der Waals surface area contributed by atoms with E-state index in [9.17, 15) is 13.6 Å². The molecule has 154 valence electrons. The predicted octanol–water partition coefficient (Wildman–Crippen LogP) is 3.16. The molecule has 5 nitrogen and oxygen atoms in total. The Morgan fingerprint density at radius 2 is 1.41 bits per heavy atom. The summed E-state index contributed by atoms with van der Waals surface area (Å²) in [4.78, 5) is 11.8. The topological polar surface area (TPSA) is 81.6 Å². The van der Waals surface area contributed by atoms with Gasteiger partial charge in [0.05, 0.1) is 11.7 Å². The molecule has 0 spiro atoms. The van der Waals surface area contributed by atoms with E-state index in [1.54, 1.807) is 0 Å². The molecule has 7 heteroatoms. The van der Waals surface area contributed by atoms with E-state index in [-0.39, 0.29) is 31.0 Å². The number of unbranched alkanes of at least 4 members (excludes halogenated alkanes) is 6. The van der Waals surface area contributed by atoms with Gasteiger partial charge in [-0.15, -0.1) is 0 Å². The lowest BCUT2D eigenvalue weighted by Crippen LogP contribution is -2.32. The molecule has 0 saturated heterocycles. The number of nitrogens with one attached hydrogen (secondary N) is 2. The number of amides is 1. The van der Waals surface area contributed by atoms with Gasteiger partial charge in [0.1, 0.15) is 5.83 Å². The number of hydrogen-bond acceptors (Lipinski definition) is 4. The van der Waals surface area contributed by atoms with Crippen molar-refractivity contribution < 1.29 is 23.8 Å². The van der Waals surface area contributed by atoms with Crippen LogP contribution in [0.2, 0.25) is 0 Å². The van der Waals surface area contributed by atoms with Crippen molar-refractivity contribution in [3.05, 3.63) is 36.1 Å². The zero-order valence-electron chi connectivity index (χ0n) is 15.9. The number of aliphatic hydroxyl groups is 2. The zero-order valence-corrected chi connectivity index (χ0v) is 15.9. The molecule has 0 aromatic heterocycles. The Morgan fingerprint density at radius 3 is 1.96 bits per heavy atom. The Morgan fingerprint density at radius 1 is 0.889 bits per heavy atom. The summed E-state index contributed by atoms with van der Waals surface area (Å²) >= 11 is 0. The minimum atomic E-state index is -0.808. The van der Waals surface area contributed by atoms with Crippen LogP contribution in [0.15, 0.2) is 36.1 Å². The van der Waals surface area contributed by atoms with E-state index >= 15 is 0 Å². The fraction of sp³-hybridized carbons (Fsp3) is 0.650. The highest BCUT2D eigenvalue weighted by Crippen LogP contribution is 2.24. The van der Waals surface area contributed by atoms with Gasteiger partial charge in [-0.3, -0.25) is 4.79 Å². The first-order chi connectivity index (χ1) is 13.0. The lowest BCUT2D eigenvalue weighted by molar-refractivity contribution is -0.119. The molecule has 4 N–H and O–H groups in total. The molecular formula is C20H32F2N2O3. The lowest BCUT2D eigenvalue weighted by Gasteiger charge is -2.08. The standard InChI is InChI=1S/C20H32F2N2O3/c1-15(16(21)10-6-2-4-8-12-25)23-18-14-19(18)24-20(27)17(22)11-7-3-5-9-13-26/h10-11,18-19,23,25-26H,1-9,12-14H2,(H,24,27)/b16-10-,17-11+/t18-,19+/m0/s1. The average Bonchev–Trinajstić information content (AvgIpc) is 3.37. The highest BCUT2D eigenvalue weighted by molar-refractivity contribution is 5.91.